The molecule has 0 bridgehead atoms. The molecule has 0 aliphatic carbocycles. The molecule has 0 radical (unpaired) electrons. The number of nitrogens with zero attached hydrogens (tertiary/aromatic N) is 1. The monoisotopic (exact) mass is 211 g/mol. The maximum Gasteiger partial charge on any atom is 0.409 e. The third-order valence-electron chi connectivity index (χ3n) is 1.89. The molecule has 0 atom stereocenters. The summed E-state index contributed by atoms with van der Waals surface area (Å²) < 4.78 is 5.02. The van der Waals surface area contributed by atoms with E-state index < -0.39 is 0 Å². The van der Waals surface area contributed by atoms with Gasteiger partial charge in [-0.3, -0.25) is 0 Å². The molecule has 0 aromatic rings. The van der Waals surface area contributed by atoms with Gasteiger partial charge in [-0.15, -0.1) is 6.58 Å². The lowest BCUT2D eigenvalue weighted by Crippen LogP contribution is -2.23. The Bertz CT molecular complexity index is 232. The van der Waals surface area contributed by atoms with Crippen LogP contribution in [0.2, 0.25) is 0 Å². The minimum absolute atomic E-state index is 0.297. The van der Waals surface area contributed by atoms with Crippen molar-refractivity contribution >= 4 is 6.09 Å². The van der Waals surface area contributed by atoms with Gasteiger partial charge in [-0.25, -0.2) is 4.79 Å². The van der Waals surface area contributed by atoms with Crippen LogP contribution in [-0.4, -0.2) is 31.7 Å². The Kier molecular flexibility index (Phi) is 7.42. The van der Waals surface area contributed by atoms with Crippen molar-refractivity contribution in [1.82, 2.24) is 4.90 Å². The average molecular weight is 211 g/mol. The van der Waals surface area contributed by atoms with Crippen LogP contribution in [0.5, 0.6) is 0 Å². The summed E-state index contributed by atoms with van der Waals surface area (Å²) in [6.07, 6.45) is 6.86. The number of unbranched alkanes of at least 4 members (excludes halogenated alkanes) is 2. The topological polar surface area (TPSA) is 29.5 Å². The number of rotatable bonds is 6. The molecule has 0 fully saturated rings. The second-order valence-electron chi connectivity index (χ2n) is 3.72. The predicted octanol–water partition coefficient (Wildman–Crippen LogP) is 2.99. The van der Waals surface area contributed by atoms with Crippen molar-refractivity contribution in [2.45, 2.75) is 26.2 Å². The molecule has 0 aliphatic rings. The van der Waals surface area contributed by atoms with Gasteiger partial charge in [-0.05, 0) is 31.8 Å². The first-order valence-corrected chi connectivity index (χ1v) is 5.18. The van der Waals surface area contributed by atoms with Gasteiger partial charge in [0, 0.05) is 14.1 Å². The summed E-state index contributed by atoms with van der Waals surface area (Å²) in [7, 11) is 3.34. The van der Waals surface area contributed by atoms with Gasteiger partial charge in [0.15, 0.2) is 0 Å². The van der Waals surface area contributed by atoms with E-state index in [1.807, 2.05) is 13.0 Å². The van der Waals surface area contributed by atoms with E-state index in [2.05, 4.69) is 12.7 Å². The molecule has 1 amide bonds. The van der Waals surface area contributed by atoms with Crippen LogP contribution in [-0.2, 0) is 4.74 Å². The van der Waals surface area contributed by atoms with E-state index in [4.69, 9.17) is 4.74 Å². The van der Waals surface area contributed by atoms with E-state index in [1.165, 1.54) is 4.90 Å². The van der Waals surface area contributed by atoms with Gasteiger partial charge >= 0.3 is 6.09 Å². The van der Waals surface area contributed by atoms with Gasteiger partial charge in [0.2, 0.25) is 0 Å². The number of allylic oxidation sites excluding steroid dienone is 2. The number of carbonyl (C=O) groups is 1. The van der Waals surface area contributed by atoms with Crippen molar-refractivity contribution in [3.8, 4) is 0 Å². The SMILES string of the molecule is C=CCCC/C=C(\C)COC(=O)N(C)C. The van der Waals surface area contributed by atoms with Crippen LogP contribution in [0.1, 0.15) is 26.2 Å². The molecule has 0 N–H and O–H groups in total. The molecule has 0 saturated carbocycles. The van der Waals surface area contributed by atoms with Crippen molar-refractivity contribution < 1.29 is 9.53 Å². The van der Waals surface area contributed by atoms with E-state index in [-0.39, 0.29) is 6.09 Å². The summed E-state index contributed by atoms with van der Waals surface area (Å²) in [5, 5.41) is 0. The average Bonchev–Trinajstić information content (AvgIpc) is 2.20. The van der Waals surface area contributed by atoms with Gasteiger partial charge in [-0.1, -0.05) is 12.2 Å². The van der Waals surface area contributed by atoms with E-state index in [9.17, 15) is 4.79 Å². The van der Waals surface area contributed by atoms with Gasteiger partial charge in [0.05, 0.1) is 0 Å². The summed E-state index contributed by atoms with van der Waals surface area (Å²) >= 11 is 0. The zero-order valence-electron chi connectivity index (χ0n) is 9.95. The number of amides is 1. The highest BCUT2D eigenvalue weighted by Gasteiger charge is 2.03. The van der Waals surface area contributed by atoms with Crippen LogP contribution in [0.25, 0.3) is 0 Å². The highest BCUT2D eigenvalue weighted by Crippen LogP contribution is 2.02. The molecule has 0 aromatic carbocycles. The van der Waals surface area contributed by atoms with Gasteiger partial charge in [0.1, 0.15) is 6.61 Å². The lowest BCUT2D eigenvalue weighted by Gasteiger charge is -2.10. The normalized spacial score (nSPS) is 11.0. The lowest BCUT2D eigenvalue weighted by molar-refractivity contribution is 0.127. The Morgan fingerprint density at radius 3 is 2.60 bits per heavy atom. The Morgan fingerprint density at radius 2 is 2.07 bits per heavy atom. The number of carbonyl (C=O) groups excluding carboxylic acids is 1. The van der Waals surface area contributed by atoms with Crippen LogP contribution in [0.3, 0.4) is 0 Å². The summed E-state index contributed by atoms with van der Waals surface area (Å²) in [5.74, 6) is 0. The zero-order valence-corrected chi connectivity index (χ0v) is 9.95. The van der Waals surface area contributed by atoms with E-state index >= 15 is 0 Å². The largest absolute Gasteiger partial charge is 0.445 e. The highest BCUT2D eigenvalue weighted by atomic mass is 16.6. The van der Waals surface area contributed by atoms with Gasteiger partial charge in [0.25, 0.3) is 0 Å². The maximum absolute atomic E-state index is 11.1. The lowest BCUT2D eigenvalue weighted by atomic mass is 10.2. The Hall–Kier alpha value is -1.25. The second kappa shape index (κ2) is 8.09. The van der Waals surface area contributed by atoms with Crippen molar-refractivity contribution in [2.75, 3.05) is 20.7 Å². The van der Waals surface area contributed by atoms with Gasteiger partial charge in [-0.2, -0.15) is 0 Å². The minimum atomic E-state index is -0.297. The molecule has 0 saturated heterocycles. The van der Waals surface area contributed by atoms with Crippen LogP contribution in [0, 0.1) is 0 Å². The molecule has 0 unspecified atom stereocenters. The maximum atomic E-state index is 11.1. The van der Waals surface area contributed by atoms with Crippen LogP contribution in [0.15, 0.2) is 24.3 Å². The summed E-state index contributed by atoms with van der Waals surface area (Å²) in [4.78, 5) is 12.5. The molecule has 0 aromatic heterocycles. The van der Waals surface area contributed by atoms with Crippen molar-refractivity contribution in [3.05, 3.63) is 24.3 Å². The molecule has 0 aliphatic heterocycles. The molecular weight excluding hydrogens is 190 g/mol. The summed E-state index contributed by atoms with van der Waals surface area (Å²) in [6.45, 7) is 6.01. The van der Waals surface area contributed by atoms with Crippen LogP contribution < -0.4 is 0 Å². The first-order chi connectivity index (χ1) is 7.07. The highest BCUT2D eigenvalue weighted by molar-refractivity contribution is 5.66. The van der Waals surface area contributed by atoms with E-state index in [0.29, 0.717) is 6.61 Å². The molecular formula is C12H21NO2. The summed E-state index contributed by atoms with van der Waals surface area (Å²) in [6, 6.07) is 0. The van der Waals surface area contributed by atoms with E-state index in [0.717, 1.165) is 24.8 Å². The predicted molar refractivity (Wildman–Crippen MR) is 62.8 cm³/mol. The Labute approximate surface area is 92.4 Å². The van der Waals surface area contributed by atoms with Crippen LogP contribution >= 0.6 is 0 Å². The molecule has 86 valence electrons. The number of hydrogen-bond acceptors (Lipinski definition) is 2. The number of hydrogen-bond donors (Lipinski definition) is 0. The van der Waals surface area contributed by atoms with Crippen LogP contribution in [0.4, 0.5) is 4.79 Å². The molecule has 0 rings (SSSR count). The van der Waals surface area contributed by atoms with Gasteiger partial charge < -0.3 is 9.64 Å². The smallest absolute Gasteiger partial charge is 0.409 e. The van der Waals surface area contributed by atoms with E-state index in [1.54, 1.807) is 14.1 Å². The Morgan fingerprint density at radius 1 is 1.40 bits per heavy atom. The fourth-order valence-corrected chi connectivity index (χ4v) is 0.974. The third kappa shape index (κ3) is 7.79. The third-order valence-corrected chi connectivity index (χ3v) is 1.89. The number of ether oxygens (including phenoxy) is 1. The molecule has 0 spiro atoms. The fraction of sp³-hybridized carbons (Fsp3) is 0.583. The quantitative estimate of drug-likeness (QED) is 0.499. The molecule has 0 heterocycles. The Balaban J connectivity index is 3.67. The van der Waals surface area contributed by atoms with Crippen molar-refractivity contribution in [1.29, 1.82) is 0 Å². The second-order valence-corrected chi connectivity index (χ2v) is 3.72. The van der Waals surface area contributed by atoms with Crippen molar-refractivity contribution in [2.24, 2.45) is 0 Å². The van der Waals surface area contributed by atoms with Crippen molar-refractivity contribution in [3.63, 3.8) is 0 Å². The minimum Gasteiger partial charge on any atom is -0.445 e. The standard InChI is InChI=1S/C12H21NO2/c1-5-6-7-8-9-11(2)10-15-12(14)13(3)4/h5,9H,1,6-8,10H2,2-4H3/b11-9+. The fourth-order valence-electron chi connectivity index (χ4n) is 0.974. The molecule has 15 heavy (non-hydrogen) atoms. The zero-order chi connectivity index (χ0) is 11.7. The summed E-state index contributed by atoms with van der Waals surface area (Å²) in [5.41, 5.74) is 1.09. The first kappa shape index (κ1) is 13.8. The first-order valence-electron chi connectivity index (χ1n) is 5.18. The molecule has 3 nitrogen and oxygen atoms in total. The molecule has 3 heteroatoms.